The zero-order valence-electron chi connectivity index (χ0n) is 31.9. The molecule has 4 amide bonds. The Bertz CT molecular complexity index is 1890. The Balaban J connectivity index is 0.000000172. The van der Waals surface area contributed by atoms with Gasteiger partial charge in [-0.05, 0) is 68.9 Å². The minimum Gasteiger partial charge on any atom is -0.378 e. The van der Waals surface area contributed by atoms with Crippen LogP contribution in [0, 0.1) is 0 Å². The second kappa shape index (κ2) is 18.3. The van der Waals surface area contributed by atoms with Gasteiger partial charge in [0.05, 0.1) is 26.4 Å². The first kappa shape index (κ1) is 39.3. The van der Waals surface area contributed by atoms with E-state index in [1.807, 2.05) is 60.7 Å². The van der Waals surface area contributed by atoms with Crippen molar-refractivity contribution < 1.29 is 28.7 Å². The summed E-state index contributed by atoms with van der Waals surface area (Å²) in [7, 11) is 0. The molecule has 0 aliphatic carbocycles. The van der Waals surface area contributed by atoms with E-state index < -0.39 is 0 Å². The van der Waals surface area contributed by atoms with E-state index in [1.54, 1.807) is 0 Å². The van der Waals surface area contributed by atoms with Gasteiger partial charge in [-0.15, -0.1) is 0 Å². The minimum atomic E-state index is -0.220. The maximum atomic E-state index is 13.1. The fourth-order valence-electron chi connectivity index (χ4n) is 7.96. The molecule has 14 nitrogen and oxygen atoms in total. The number of morpholine rings is 2. The third-order valence-electron chi connectivity index (χ3n) is 10.8. The van der Waals surface area contributed by atoms with Crippen LogP contribution in [0.5, 0.6) is 0 Å². The van der Waals surface area contributed by atoms with Gasteiger partial charge in [-0.1, -0.05) is 24.3 Å². The largest absolute Gasteiger partial charge is 0.378 e. The van der Waals surface area contributed by atoms with Crippen molar-refractivity contribution in [3.05, 3.63) is 82.9 Å². The Hall–Kier alpha value is -4.96. The summed E-state index contributed by atoms with van der Waals surface area (Å²) in [5.41, 5.74) is 15.5. The van der Waals surface area contributed by atoms with Gasteiger partial charge in [-0.25, -0.2) is 0 Å². The lowest BCUT2D eigenvalue weighted by Gasteiger charge is -2.32. The highest BCUT2D eigenvalue weighted by Gasteiger charge is 2.35. The molecular formula is C42H52N8O6. The Labute approximate surface area is 327 Å². The zero-order chi connectivity index (χ0) is 39.0. The molecule has 0 radical (unpaired) electrons. The fraction of sp³-hybridized carbons (Fsp3) is 0.429. The van der Waals surface area contributed by atoms with E-state index in [0.29, 0.717) is 87.8 Å². The number of carbonyl (C=O) groups is 4. The van der Waals surface area contributed by atoms with Crippen LogP contribution in [-0.4, -0.2) is 138 Å². The van der Waals surface area contributed by atoms with Gasteiger partial charge < -0.3 is 41.4 Å². The maximum absolute atomic E-state index is 13.1. The van der Waals surface area contributed by atoms with E-state index in [1.165, 1.54) is 9.80 Å². The molecule has 14 heteroatoms. The molecule has 4 aliphatic rings. The standard InChI is InChI=1S/2C21H26N4O3/c22-7-9-23-8-2-10-25-20(26)16-4-1-3-15-18(24-11-13-28-14-12-24)6-5-17(19(15)16)21(25)27;22-7-2-8-23-9-10-25-20(26)16-4-1-3-15-18(24-11-13-28-14-12-24)6-5-17(19(15)16)21(25)27/h2*1,3-6,23H,2,7-14,22H2. The third-order valence-corrected chi connectivity index (χ3v) is 10.8. The molecule has 0 atom stereocenters. The summed E-state index contributed by atoms with van der Waals surface area (Å²) >= 11 is 0. The molecule has 0 bridgehead atoms. The van der Waals surface area contributed by atoms with Gasteiger partial charge in [-0.2, -0.15) is 0 Å². The lowest BCUT2D eigenvalue weighted by Crippen LogP contribution is -2.44. The van der Waals surface area contributed by atoms with Gasteiger partial charge in [0.1, 0.15) is 0 Å². The van der Waals surface area contributed by atoms with Crippen LogP contribution in [0.3, 0.4) is 0 Å². The van der Waals surface area contributed by atoms with Gasteiger partial charge in [0, 0.05) is 114 Å². The van der Waals surface area contributed by atoms with Crippen LogP contribution >= 0.6 is 0 Å². The minimum absolute atomic E-state index is 0.207. The van der Waals surface area contributed by atoms with Gasteiger partial charge in [0.15, 0.2) is 0 Å². The number of benzene rings is 4. The summed E-state index contributed by atoms with van der Waals surface area (Å²) in [6.45, 7) is 10.7. The van der Waals surface area contributed by atoms with Crippen molar-refractivity contribution in [2.24, 2.45) is 11.5 Å². The lowest BCUT2D eigenvalue weighted by molar-refractivity contribution is 0.0595. The second-order valence-corrected chi connectivity index (χ2v) is 14.2. The highest BCUT2D eigenvalue weighted by atomic mass is 16.5. The van der Waals surface area contributed by atoms with Crippen LogP contribution in [0.1, 0.15) is 54.3 Å². The van der Waals surface area contributed by atoms with Crippen LogP contribution in [-0.2, 0) is 9.47 Å². The zero-order valence-corrected chi connectivity index (χ0v) is 31.9. The first-order chi connectivity index (χ1) is 27.4. The molecule has 2 fully saturated rings. The molecule has 0 saturated carbocycles. The van der Waals surface area contributed by atoms with Gasteiger partial charge in [-0.3, -0.25) is 29.0 Å². The molecular weight excluding hydrogens is 713 g/mol. The van der Waals surface area contributed by atoms with Crippen LogP contribution in [0.2, 0.25) is 0 Å². The Kier molecular flexibility index (Phi) is 12.9. The summed E-state index contributed by atoms with van der Waals surface area (Å²) in [6, 6.07) is 19.2. The van der Waals surface area contributed by atoms with Crippen molar-refractivity contribution in [1.29, 1.82) is 0 Å². The predicted molar refractivity (Wildman–Crippen MR) is 218 cm³/mol. The number of carbonyl (C=O) groups excluding carboxylic acids is 4. The molecule has 4 heterocycles. The van der Waals surface area contributed by atoms with Crippen molar-refractivity contribution in [1.82, 2.24) is 20.4 Å². The van der Waals surface area contributed by atoms with Crippen molar-refractivity contribution in [2.75, 3.05) is 115 Å². The number of nitrogens with two attached hydrogens (primary N) is 2. The molecule has 56 heavy (non-hydrogen) atoms. The molecule has 0 unspecified atom stereocenters. The molecule has 0 spiro atoms. The number of hydrogen-bond donors (Lipinski definition) is 4. The molecule has 4 aliphatic heterocycles. The van der Waals surface area contributed by atoms with E-state index in [4.69, 9.17) is 20.9 Å². The van der Waals surface area contributed by atoms with Crippen LogP contribution in [0.15, 0.2) is 60.7 Å². The van der Waals surface area contributed by atoms with Crippen LogP contribution in [0.25, 0.3) is 21.5 Å². The number of nitrogens with zero attached hydrogens (tertiary/aromatic N) is 4. The lowest BCUT2D eigenvalue weighted by atomic mass is 9.92. The number of rotatable bonds is 14. The Morgan fingerprint density at radius 3 is 1.43 bits per heavy atom. The van der Waals surface area contributed by atoms with Gasteiger partial charge in [0.25, 0.3) is 23.6 Å². The van der Waals surface area contributed by atoms with Crippen molar-refractivity contribution in [3.63, 3.8) is 0 Å². The molecule has 4 aromatic rings. The molecule has 296 valence electrons. The topological polar surface area (TPSA) is 176 Å². The van der Waals surface area contributed by atoms with Crippen molar-refractivity contribution in [2.45, 2.75) is 12.8 Å². The highest BCUT2D eigenvalue weighted by Crippen LogP contribution is 2.38. The highest BCUT2D eigenvalue weighted by molar-refractivity contribution is 6.28. The van der Waals surface area contributed by atoms with E-state index in [-0.39, 0.29) is 23.6 Å². The molecule has 4 aromatic carbocycles. The van der Waals surface area contributed by atoms with Gasteiger partial charge >= 0.3 is 0 Å². The Morgan fingerprint density at radius 1 is 0.500 bits per heavy atom. The van der Waals surface area contributed by atoms with Crippen LogP contribution < -0.4 is 31.9 Å². The first-order valence-corrected chi connectivity index (χ1v) is 19.8. The average molecular weight is 765 g/mol. The molecule has 2 saturated heterocycles. The number of ether oxygens (including phenoxy) is 2. The van der Waals surface area contributed by atoms with Gasteiger partial charge in [0.2, 0.25) is 0 Å². The van der Waals surface area contributed by atoms with E-state index in [0.717, 1.165) is 85.2 Å². The van der Waals surface area contributed by atoms with Crippen LogP contribution in [0.4, 0.5) is 11.4 Å². The number of hydrogen-bond acceptors (Lipinski definition) is 12. The number of amides is 4. The second-order valence-electron chi connectivity index (χ2n) is 14.2. The van der Waals surface area contributed by atoms with Crippen molar-refractivity contribution in [3.8, 4) is 0 Å². The maximum Gasteiger partial charge on any atom is 0.261 e. The number of imide groups is 2. The van der Waals surface area contributed by atoms with E-state index in [9.17, 15) is 19.2 Å². The average Bonchev–Trinajstić information content (AvgIpc) is 3.24. The fourth-order valence-corrected chi connectivity index (χ4v) is 7.96. The summed E-state index contributed by atoms with van der Waals surface area (Å²) in [6.07, 6.45) is 1.57. The summed E-state index contributed by atoms with van der Waals surface area (Å²) in [5.74, 6) is -0.854. The SMILES string of the molecule is NCCCNCCN1C(=O)c2cccc3c(N4CCOCC4)ccc(c23)C1=O.NCCNCCCN1C(=O)c2cccc3c(N4CCOCC4)ccc(c23)C1=O. The van der Waals surface area contributed by atoms with Crippen molar-refractivity contribution >= 4 is 56.5 Å². The molecule has 8 rings (SSSR count). The molecule has 6 N–H and O–H groups in total. The number of anilines is 2. The predicted octanol–water partition coefficient (Wildman–Crippen LogP) is 2.42. The number of nitrogens with one attached hydrogen (secondary N) is 2. The quantitative estimate of drug-likeness (QED) is 0.109. The Morgan fingerprint density at radius 2 is 0.946 bits per heavy atom. The van der Waals surface area contributed by atoms with E-state index >= 15 is 0 Å². The third kappa shape index (κ3) is 7.99. The summed E-state index contributed by atoms with van der Waals surface area (Å²) < 4.78 is 10.9. The first-order valence-electron chi connectivity index (χ1n) is 19.8. The summed E-state index contributed by atoms with van der Waals surface area (Å²) in [5, 5.41) is 9.90. The van der Waals surface area contributed by atoms with E-state index in [2.05, 4.69) is 20.4 Å². The normalized spacial score (nSPS) is 16.9. The molecule has 0 aromatic heterocycles. The monoisotopic (exact) mass is 764 g/mol. The summed E-state index contributed by atoms with van der Waals surface area (Å²) in [4.78, 5) is 59.4. The smallest absolute Gasteiger partial charge is 0.261 e.